The van der Waals surface area contributed by atoms with Gasteiger partial charge in [0, 0.05) is 23.5 Å². The number of hydrogen-bond donors (Lipinski definition) is 4. The fourth-order valence-electron chi connectivity index (χ4n) is 7.00. The number of rotatable bonds is 4. The number of aliphatic hydroxyl groups excluding tert-OH is 2. The van der Waals surface area contributed by atoms with Crippen LogP contribution in [0.2, 0.25) is 0 Å². The van der Waals surface area contributed by atoms with Crippen molar-refractivity contribution in [2.75, 3.05) is 14.2 Å². The van der Waals surface area contributed by atoms with Crippen molar-refractivity contribution in [2.45, 2.75) is 56.5 Å². The number of carbonyl (C=O) groups excluding carboxylic acids is 5. The summed E-state index contributed by atoms with van der Waals surface area (Å²) in [6.07, 6.45) is -3.79. The van der Waals surface area contributed by atoms with Crippen LogP contribution in [-0.2, 0) is 33.4 Å². The number of esters is 3. The van der Waals surface area contributed by atoms with E-state index >= 15 is 0 Å². The fraction of sp³-hybridized carbons (Fsp3) is 0.406. The molecule has 6 rings (SSSR count). The van der Waals surface area contributed by atoms with Crippen molar-refractivity contribution in [3.63, 3.8) is 0 Å². The molecule has 0 amide bonds. The lowest BCUT2D eigenvalue weighted by Crippen LogP contribution is -2.64. The lowest BCUT2D eigenvalue weighted by molar-refractivity contribution is -0.177. The largest absolute Gasteiger partial charge is 0.507 e. The monoisotopic (exact) mass is 638 g/mol. The molecule has 14 heteroatoms. The molecule has 0 radical (unpaired) electrons. The van der Waals surface area contributed by atoms with E-state index in [1.54, 1.807) is 6.92 Å². The predicted octanol–water partition coefficient (Wildman–Crippen LogP) is 2.14. The van der Waals surface area contributed by atoms with Gasteiger partial charge in [0.2, 0.25) is 5.60 Å². The molecule has 14 nitrogen and oxygen atoms in total. The topological polar surface area (TPSA) is 212 Å². The van der Waals surface area contributed by atoms with E-state index in [-0.39, 0.29) is 41.0 Å². The van der Waals surface area contributed by atoms with Crippen molar-refractivity contribution >= 4 is 35.2 Å². The first-order valence-electron chi connectivity index (χ1n) is 14.4. The Hall–Kier alpha value is -5.11. The first-order chi connectivity index (χ1) is 21.7. The maximum absolute atomic E-state index is 13.6. The molecular weight excluding hydrogens is 608 g/mol. The van der Waals surface area contributed by atoms with Gasteiger partial charge in [0.25, 0.3) is 5.60 Å². The third-order valence-electron chi connectivity index (χ3n) is 9.15. The number of aromatic hydroxyl groups is 2. The van der Waals surface area contributed by atoms with Crippen molar-refractivity contribution in [1.82, 2.24) is 0 Å². The second-order valence-electron chi connectivity index (χ2n) is 11.9. The molecule has 6 unspecified atom stereocenters. The van der Waals surface area contributed by atoms with Crippen LogP contribution in [0.15, 0.2) is 29.8 Å². The molecule has 1 aliphatic carbocycles. The number of benzene rings is 2. The van der Waals surface area contributed by atoms with Crippen molar-refractivity contribution in [2.24, 2.45) is 11.8 Å². The van der Waals surface area contributed by atoms with Crippen LogP contribution in [0, 0.1) is 11.8 Å². The molecule has 1 saturated carbocycles. The van der Waals surface area contributed by atoms with Crippen molar-refractivity contribution in [1.29, 1.82) is 0 Å². The molecule has 0 spiro atoms. The van der Waals surface area contributed by atoms with E-state index in [9.17, 15) is 44.4 Å². The van der Waals surface area contributed by atoms with Crippen LogP contribution >= 0.6 is 0 Å². The molecule has 6 atom stereocenters. The summed E-state index contributed by atoms with van der Waals surface area (Å²) in [4.78, 5) is 65.4. The Morgan fingerprint density at radius 2 is 1.52 bits per heavy atom. The van der Waals surface area contributed by atoms with Gasteiger partial charge in [-0.3, -0.25) is 14.4 Å². The highest BCUT2D eigenvalue weighted by Gasteiger charge is 2.63. The third-order valence-corrected chi connectivity index (χ3v) is 9.15. The fourth-order valence-corrected chi connectivity index (χ4v) is 7.00. The van der Waals surface area contributed by atoms with Gasteiger partial charge in [0.15, 0.2) is 17.7 Å². The molecule has 242 valence electrons. The molecule has 2 aromatic carbocycles. The second-order valence-corrected chi connectivity index (χ2v) is 11.9. The molecular formula is C32H30O14. The van der Waals surface area contributed by atoms with E-state index in [0.717, 1.165) is 20.3 Å². The van der Waals surface area contributed by atoms with E-state index in [2.05, 4.69) is 0 Å². The number of fused-ring (bicyclic) bond motifs is 3. The Balaban J connectivity index is 1.56. The van der Waals surface area contributed by atoms with Gasteiger partial charge < -0.3 is 44.1 Å². The van der Waals surface area contributed by atoms with Gasteiger partial charge in [-0.05, 0) is 30.2 Å². The number of carbonyl (C=O) groups is 5. The van der Waals surface area contributed by atoms with Crippen molar-refractivity contribution in [3.05, 3.63) is 41.0 Å². The molecule has 3 aliphatic heterocycles. The van der Waals surface area contributed by atoms with Crippen LogP contribution in [0.25, 0.3) is 16.9 Å². The van der Waals surface area contributed by atoms with E-state index in [4.69, 9.17) is 23.7 Å². The van der Waals surface area contributed by atoms with Crippen molar-refractivity contribution in [3.8, 4) is 34.1 Å². The van der Waals surface area contributed by atoms with Crippen LogP contribution in [0.4, 0.5) is 0 Å². The summed E-state index contributed by atoms with van der Waals surface area (Å²) < 4.78 is 27.4. The SMILES string of the molecule is COC(=O)C1(C2OC(=O)CC2C)CC(=O)c2c(O)ccc(-c3ccc4c(c3O)C(O)=C3C(=O)CC(C)C(O)C3(C(=O)OC)O4)c2O1. The number of methoxy groups -OCH3 is 2. The zero-order valence-corrected chi connectivity index (χ0v) is 25.1. The quantitative estimate of drug-likeness (QED) is 0.279. The second kappa shape index (κ2) is 10.5. The van der Waals surface area contributed by atoms with Crippen LogP contribution in [0.1, 0.15) is 49.0 Å². The zero-order valence-electron chi connectivity index (χ0n) is 25.1. The summed E-state index contributed by atoms with van der Waals surface area (Å²) in [5.74, 6) is -8.24. The van der Waals surface area contributed by atoms with Crippen LogP contribution in [0.5, 0.6) is 23.0 Å². The van der Waals surface area contributed by atoms with Gasteiger partial charge in [-0.2, -0.15) is 0 Å². The number of phenols is 2. The Kier molecular flexibility index (Phi) is 7.04. The summed E-state index contributed by atoms with van der Waals surface area (Å²) >= 11 is 0. The van der Waals surface area contributed by atoms with Gasteiger partial charge in [0.05, 0.1) is 32.6 Å². The highest BCUT2D eigenvalue weighted by atomic mass is 16.6. The molecule has 0 bridgehead atoms. The summed E-state index contributed by atoms with van der Waals surface area (Å²) in [7, 11) is 2.10. The normalized spacial score (nSPS) is 29.9. The maximum atomic E-state index is 13.6. The molecule has 1 saturated heterocycles. The number of ether oxygens (including phenoxy) is 5. The van der Waals surface area contributed by atoms with E-state index in [0.29, 0.717) is 0 Å². The highest BCUT2D eigenvalue weighted by Crippen LogP contribution is 2.55. The van der Waals surface area contributed by atoms with E-state index < -0.39 is 99.5 Å². The number of Topliss-reactive ketones (excluding diaryl/α,β-unsaturated/α-hetero) is 2. The smallest absolute Gasteiger partial charge is 0.358 e. The lowest BCUT2D eigenvalue weighted by atomic mass is 9.69. The predicted molar refractivity (Wildman–Crippen MR) is 153 cm³/mol. The first-order valence-corrected chi connectivity index (χ1v) is 14.4. The number of aliphatic hydroxyl groups is 2. The minimum atomic E-state index is -2.42. The molecule has 0 aromatic heterocycles. The van der Waals surface area contributed by atoms with E-state index in [1.165, 1.54) is 25.1 Å². The van der Waals surface area contributed by atoms with Gasteiger partial charge in [-0.1, -0.05) is 13.8 Å². The summed E-state index contributed by atoms with van der Waals surface area (Å²) in [5, 5.41) is 44.9. The number of ketones is 2. The number of hydrogen-bond acceptors (Lipinski definition) is 14. The summed E-state index contributed by atoms with van der Waals surface area (Å²) in [5.41, 5.74) is -6.07. The Morgan fingerprint density at radius 1 is 0.848 bits per heavy atom. The van der Waals surface area contributed by atoms with Gasteiger partial charge in [-0.25, -0.2) is 9.59 Å². The highest BCUT2D eigenvalue weighted by molar-refractivity contribution is 6.13. The third kappa shape index (κ3) is 4.02. The Morgan fingerprint density at radius 3 is 2.15 bits per heavy atom. The van der Waals surface area contributed by atoms with Gasteiger partial charge in [0.1, 0.15) is 46.0 Å². The molecule has 46 heavy (non-hydrogen) atoms. The molecule has 4 aliphatic rings. The molecule has 3 heterocycles. The number of cyclic esters (lactones) is 1. The Bertz CT molecular complexity index is 1770. The Labute approximate surface area is 261 Å². The van der Waals surface area contributed by atoms with Crippen LogP contribution in [-0.4, -0.2) is 87.5 Å². The molecule has 2 fully saturated rings. The number of phenolic OH excluding ortho intramolecular Hbond substituents is 2. The van der Waals surface area contributed by atoms with Gasteiger partial charge >= 0.3 is 17.9 Å². The van der Waals surface area contributed by atoms with Gasteiger partial charge in [-0.15, -0.1) is 0 Å². The minimum absolute atomic E-state index is 0.0439. The van der Waals surface area contributed by atoms with E-state index in [1.807, 2.05) is 0 Å². The minimum Gasteiger partial charge on any atom is -0.507 e. The average Bonchev–Trinajstić information content (AvgIpc) is 3.36. The summed E-state index contributed by atoms with van der Waals surface area (Å²) in [6, 6.07) is 4.98. The lowest BCUT2D eigenvalue weighted by Gasteiger charge is -2.45. The zero-order chi connectivity index (χ0) is 33.5. The molecule has 4 N–H and O–H groups in total. The van der Waals surface area contributed by atoms with Crippen LogP contribution < -0.4 is 9.47 Å². The standard InChI is InChI=1S/C32H30O14/c1-12-9-17(34)23-25(38)22-19(45-32(23,27(12)39)30(41)43-4)8-6-14(24(22)37)15-5-7-16(33)21-18(35)11-31(29(40)42-3,46-26(15)21)28-13(2)10-20(36)44-28/h5-8,12-13,27-28,33,37-39H,9-11H2,1-4H3. The van der Waals surface area contributed by atoms with Crippen molar-refractivity contribution < 1.29 is 68.1 Å². The molecule has 2 aromatic rings. The van der Waals surface area contributed by atoms with Crippen LogP contribution in [0.3, 0.4) is 0 Å². The average molecular weight is 639 g/mol. The maximum Gasteiger partial charge on any atom is 0.358 e. The summed E-state index contributed by atoms with van der Waals surface area (Å²) in [6.45, 7) is 3.16. The first kappa shape index (κ1) is 30.9.